The highest BCUT2D eigenvalue weighted by molar-refractivity contribution is 9.09. The molecule has 0 amide bonds. The molecule has 1 aromatic rings. The summed E-state index contributed by atoms with van der Waals surface area (Å²) in [6.07, 6.45) is 7.58. The first kappa shape index (κ1) is 15.0. The topological polar surface area (TPSA) is 13.6 Å². The fourth-order valence-electron chi connectivity index (χ4n) is 1.71. The third-order valence-corrected chi connectivity index (χ3v) is 3.32. The summed E-state index contributed by atoms with van der Waals surface area (Å²) in [6.45, 7) is 7.63. The first-order chi connectivity index (χ1) is 8.86. The molecular formula is C15H20BrNO. The monoisotopic (exact) mass is 309 g/mol. The van der Waals surface area contributed by atoms with E-state index in [1.165, 1.54) is 32.1 Å². The minimum absolute atomic E-state index is 0.661. The first-order valence-corrected chi connectivity index (χ1v) is 7.65. The van der Waals surface area contributed by atoms with Crippen LogP contribution in [-0.2, 0) is 0 Å². The van der Waals surface area contributed by atoms with E-state index in [0.717, 1.165) is 24.1 Å². The van der Waals surface area contributed by atoms with Gasteiger partial charge in [-0.2, -0.15) is 0 Å². The van der Waals surface area contributed by atoms with Crippen LogP contribution in [0.25, 0.3) is 4.85 Å². The van der Waals surface area contributed by atoms with E-state index >= 15 is 0 Å². The molecule has 3 heteroatoms. The predicted octanol–water partition coefficient (Wildman–Crippen LogP) is 5.35. The average molecular weight is 310 g/mol. The molecule has 18 heavy (non-hydrogen) atoms. The highest BCUT2D eigenvalue weighted by Crippen LogP contribution is 2.18. The quantitative estimate of drug-likeness (QED) is 0.340. The van der Waals surface area contributed by atoms with Crippen molar-refractivity contribution in [3.05, 3.63) is 35.7 Å². The van der Waals surface area contributed by atoms with Crippen LogP contribution in [0.5, 0.6) is 5.75 Å². The third-order valence-electron chi connectivity index (χ3n) is 2.76. The van der Waals surface area contributed by atoms with Crippen LogP contribution < -0.4 is 4.74 Å². The lowest BCUT2D eigenvalue weighted by Gasteiger charge is -2.06. The van der Waals surface area contributed by atoms with Crippen molar-refractivity contribution in [1.29, 1.82) is 0 Å². The maximum Gasteiger partial charge on any atom is 0.187 e. The molecule has 2 nitrogen and oxygen atoms in total. The molecule has 0 aliphatic carbocycles. The summed E-state index contributed by atoms with van der Waals surface area (Å²) in [4.78, 5) is 3.35. The number of unbranched alkanes of at least 4 members (excludes halogenated alkanes) is 5. The lowest BCUT2D eigenvalue weighted by atomic mass is 10.1. The Bertz CT molecular complexity index is 356. The van der Waals surface area contributed by atoms with Gasteiger partial charge in [0.2, 0.25) is 0 Å². The summed E-state index contributed by atoms with van der Waals surface area (Å²) in [5.41, 5.74) is 0.661. The van der Waals surface area contributed by atoms with Crippen LogP contribution in [0.4, 0.5) is 5.69 Å². The fraction of sp³-hybridized carbons (Fsp3) is 0.533. The minimum atomic E-state index is 0.661. The number of benzene rings is 1. The zero-order chi connectivity index (χ0) is 13.1. The maximum absolute atomic E-state index is 6.86. The normalized spacial score (nSPS) is 10.0. The summed E-state index contributed by atoms with van der Waals surface area (Å²) >= 11 is 3.44. The van der Waals surface area contributed by atoms with Gasteiger partial charge in [-0.15, -0.1) is 0 Å². The van der Waals surface area contributed by atoms with Crippen LogP contribution in [0.15, 0.2) is 24.3 Å². The summed E-state index contributed by atoms with van der Waals surface area (Å²) in [7, 11) is 0. The van der Waals surface area contributed by atoms with Gasteiger partial charge in [0, 0.05) is 5.33 Å². The number of ether oxygens (including phenoxy) is 1. The number of halogens is 1. The first-order valence-electron chi connectivity index (χ1n) is 6.53. The molecule has 0 aliphatic rings. The van der Waals surface area contributed by atoms with Crippen molar-refractivity contribution in [2.45, 2.75) is 38.5 Å². The lowest BCUT2D eigenvalue weighted by Crippen LogP contribution is -1.96. The van der Waals surface area contributed by atoms with Gasteiger partial charge in [0.15, 0.2) is 5.69 Å². The lowest BCUT2D eigenvalue weighted by molar-refractivity contribution is 0.304. The van der Waals surface area contributed by atoms with Gasteiger partial charge >= 0.3 is 0 Å². The SMILES string of the molecule is [C-]#[N+]c1ccc(OCCCCCCCCBr)cc1. The van der Waals surface area contributed by atoms with Crippen molar-refractivity contribution in [1.82, 2.24) is 0 Å². The van der Waals surface area contributed by atoms with Crippen LogP contribution in [-0.4, -0.2) is 11.9 Å². The molecule has 0 spiro atoms. The molecule has 0 unspecified atom stereocenters. The van der Waals surface area contributed by atoms with E-state index < -0.39 is 0 Å². The zero-order valence-corrected chi connectivity index (χ0v) is 12.3. The number of nitrogens with zero attached hydrogens (tertiary/aromatic N) is 1. The molecule has 0 heterocycles. The Kier molecular flexibility index (Phi) is 8.33. The average Bonchev–Trinajstić information content (AvgIpc) is 2.42. The van der Waals surface area contributed by atoms with E-state index in [-0.39, 0.29) is 0 Å². The number of rotatable bonds is 9. The van der Waals surface area contributed by atoms with Crippen LogP contribution in [0, 0.1) is 6.57 Å². The van der Waals surface area contributed by atoms with E-state index in [1.54, 1.807) is 12.1 Å². The number of alkyl halides is 1. The second-order valence-corrected chi connectivity index (χ2v) is 5.06. The van der Waals surface area contributed by atoms with E-state index in [2.05, 4.69) is 20.8 Å². The minimum Gasteiger partial charge on any atom is -0.494 e. The van der Waals surface area contributed by atoms with E-state index in [4.69, 9.17) is 11.3 Å². The molecule has 0 saturated heterocycles. The van der Waals surface area contributed by atoms with Gasteiger partial charge in [-0.25, -0.2) is 4.85 Å². The van der Waals surface area contributed by atoms with Crippen molar-refractivity contribution >= 4 is 21.6 Å². The molecule has 0 fully saturated rings. The fourth-order valence-corrected chi connectivity index (χ4v) is 2.11. The van der Waals surface area contributed by atoms with Gasteiger partial charge in [0.25, 0.3) is 0 Å². The molecule has 0 aromatic heterocycles. The molecule has 98 valence electrons. The van der Waals surface area contributed by atoms with Crippen molar-refractivity contribution in [3.8, 4) is 5.75 Å². The Hall–Kier alpha value is -1.01. The van der Waals surface area contributed by atoms with Crippen molar-refractivity contribution in [2.75, 3.05) is 11.9 Å². The number of hydrogen-bond donors (Lipinski definition) is 0. The van der Waals surface area contributed by atoms with Gasteiger partial charge in [-0.1, -0.05) is 53.7 Å². The zero-order valence-electron chi connectivity index (χ0n) is 10.7. The standard InChI is InChI=1S/C15H20BrNO/c1-17-14-8-10-15(11-9-14)18-13-7-5-3-2-4-6-12-16/h8-11H,2-7,12-13H2. The Balaban J connectivity index is 2.02. The largest absolute Gasteiger partial charge is 0.494 e. The smallest absolute Gasteiger partial charge is 0.187 e. The Morgan fingerprint density at radius 3 is 2.17 bits per heavy atom. The second kappa shape index (κ2) is 9.96. The molecule has 0 N–H and O–H groups in total. The summed E-state index contributed by atoms with van der Waals surface area (Å²) in [6, 6.07) is 7.32. The summed E-state index contributed by atoms with van der Waals surface area (Å²) in [5.74, 6) is 0.863. The van der Waals surface area contributed by atoms with Gasteiger partial charge in [0.1, 0.15) is 5.75 Å². The van der Waals surface area contributed by atoms with Crippen LogP contribution in [0.1, 0.15) is 38.5 Å². The van der Waals surface area contributed by atoms with Crippen LogP contribution >= 0.6 is 15.9 Å². The number of hydrogen-bond acceptors (Lipinski definition) is 1. The van der Waals surface area contributed by atoms with Crippen molar-refractivity contribution in [3.63, 3.8) is 0 Å². The van der Waals surface area contributed by atoms with Gasteiger partial charge in [0.05, 0.1) is 13.2 Å². The molecular weight excluding hydrogens is 290 g/mol. The van der Waals surface area contributed by atoms with Crippen molar-refractivity contribution < 1.29 is 4.74 Å². The Morgan fingerprint density at radius 2 is 1.56 bits per heavy atom. The van der Waals surface area contributed by atoms with Crippen molar-refractivity contribution in [2.24, 2.45) is 0 Å². The third kappa shape index (κ3) is 6.66. The highest BCUT2D eigenvalue weighted by atomic mass is 79.9. The molecule has 1 rings (SSSR count). The molecule has 0 saturated carbocycles. The Morgan fingerprint density at radius 1 is 0.944 bits per heavy atom. The van der Waals surface area contributed by atoms with E-state index in [0.29, 0.717) is 5.69 Å². The molecule has 0 atom stereocenters. The van der Waals surface area contributed by atoms with E-state index in [1.807, 2.05) is 12.1 Å². The molecule has 1 aromatic carbocycles. The van der Waals surface area contributed by atoms with Gasteiger partial charge < -0.3 is 4.74 Å². The summed E-state index contributed by atoms with van der Waals surface area (Å²) in [5, 5.41) is 1.12. The predicted molar refractivity (Wildman–Crippen MR) is 79.7 cm³/mol. The van der Waals surface area contributed by atoms with Crippen LogP contribution in [0.3, 0.4) is 0 Å². The second-order valence-electron chi connectivity index (χ2n) is 4.26. The maximum atomic E-state index is 6.86. The van der Waals surface area contributed by atoms with Crippen LogP contribution in [0.2, 0.25) is 0 Å². The Labute approximate surface area is 118 Å². The van der Waals surface area contributed by atoms with E-state index in [9.17, 15) is 0 Å². The van der Waals surface area contributed by atoms with Gasteiger partial charge in [-0.3, -0.25) is 0 Å². The summed E-state index contributed by atoms with van der Waals surface area (Å²) < 4.78 is 5.62. The van der Waals surface area contributed by atoms with Gasteiger partial charge in [-0.05, 0) is 25.0 Å². The molecule has 0 aliphatic heterocycles. The molecule has 0 radical (unpaired) electrons. The molecule has 0 bridgehead atoms. The highest BCUT2D eigenvalue weighted by Gasteiger charge is 1.95.